The van der Waals surface area contributed by atoms with Crippen LogP contribution in [0, 0.1) is 12.3 Å². The molecule has 0 fully saturated rings. The van der Waals surface area contributed by atoms with E-state index in [2.05, 4.69) is 28.3 Å². The van der Waals surface area contributed by atoms with Crippen molar-refractivity contribution < 1.29 is 9.32 Å². The number of benzene rings is 1. The maximum absolute atomic E-state index is 12.2. The zero-order valence-corrected chi connectivity index (χ0v) is 15.1. The molecule has 0 aliphatic carbocycles. The molecule has 1 aromatic heterocycles. The minimum atomic E-state index is -0.571. The third-order valence-electron chi connectivity index (χ3n) is 4.52. The average molecular weight is 339 g/mol. The maximum Gasteiger partial charge on any atom is 0.227 e. The molecular formula is C20H25N3O2. The summed E-state index contributed by atoms with van der Waals surface area (Å²) in [6.45, 7) is 6.05. The first-order valence-electron chi connectivity index (χ1n) is 8.76. The van der Waals surface area contributed by atoms with E-state index in [0.717, 1.165) is 12.0 Å². The third kappa shape index (κ3) is 4.69. The number of aryl methyl sites for hydroxylation is 2. The summed E-state index contributed by atoms with van der Waals surface area (Å²) in [6.07, 6.45) is 8.60. The van der Waals surface area contributed by atoms with E-state index in [0.29, 0.717) is 31.0 Å². The molecule has 132 valence electrons. The normalized spacial score (nSPS) is 11.1. The van der Waals surface area contributed by atoms with Crippen LogP contribution >= 0.6 is 0 Å². The lowest BCUT2D eigenvalue weighted by Crippen LogP contribution is -2.46. The maximum atomic E-state index is 12.2. The van der Waals surface area contributed by atoms with Crippen LogP contribution in [0.4, 0.5) is 0 Å². The van der Waals surface area contributed by atoms with Crippen molar-refractivity contribution in [2.75, 3.05) is 0 Å². The van der Waals surface area contributed by atoms with Gasteiger partial charge in [-0.15, -0.1) is 6.42 Å². The van der Waals surface area contributed by atoms with Crippen LogP contribution in [0.5, 0.6) is 0 Å². The molecule has 0 spiro atoms. The standard InChI is InChI=1S/C20H25N3O2/c1-5-15-9-11-16(12-10-15)19-21-18(25-23-19)14-13-17(24)22-20(6-2,7-3)8-4/h2,9-12H,5,7-8,13-14H2,1,3-4H3,(H,22,24). The molecular weight excluding hydrogens is 314 g/mol. The lowest BCUT2D eigenvalue weighted by atomic mass is 9.93. The number of nitrogens with zero attached hydrogens (tertiary/aromatic N) is 2. The predicted molar refractivity (Wildman–Crippen MR) is 97.7 cm³/mol. The van der Waals surface area contributed by atoms with Crippen molar-refractivity contribution in [2.24, 2.45) is 0 Å². The number of aromatic nitrogens is 2. The van der Waals surface area contributed by atoms with E-state index in [1.165, 1.54) is 5.56 Å². The van der Waals surface area contributed by atoms with Gasteiger partial charge in [-0.2, -0.15) is 4.98 Å². The molecule has 2 rings (SSSR count). The van der Waals surface area contributed by atoms with E-state index in [-0.39, 0.29) is 12.3 Å². The fraction of sp³-hybridized carbons (Fsp3) is 0.450. The SMILES string of the molecule is C#CC(CC)(CC)NC(=O)CCc1nc(-c2ccc(CC)cc2)no1. The first-order valence-corrected chi connectivity index (χ1v) is 8.76. The van der Waals surface area contributed by atoms with E-state index >= 15 is 0 Å². The minimum absolute atomic E-state index is 0.103. The highest BCUT2D eigenvalue weighted by Gasteiger charge is 2.25. The summed E-state index contributed by atoms with van der Waals surface area (Å²) in [5, 5.41) is 6.93. The van der Waals surface area contributed by atoms with Gasteiger partial charge in [-0.3, -0.25) is 4.79 Å². The summed E-state index contributed by atoms with van der Waals surface area (Å²) < 4.78 is 5.25. The molecule has 1 N–H and O–H groups in total. The zero-order valence-electron chi connectivity index (χ0n) is 15.1. The summed E-state index contributed by atoms with van der Waals surface area (Å²) >= 11 is 0. The van der Waals surface area contributed by atoms with Crippen molar-refractivity contribution in [2.45, 2.75) is 58.4 Å². The first kappa shape index (κ1) is 18.7. The van der Waals surface area contributed by atoms with Gasteiger partial charge in [0.05, 0.1) is 0 Å². The second kappa shape index (κ2) is 8.48. The molecule has 0 bridgehead atoms. The lowest BCUT2D eigenvalue weighted by molar-refractivity contribution is -0.122. The Kier molecular flexibility index (Phi) is 6.35. The quantitative estimate of drug-likeness (QED) is 0.747. The van der Waals surface area contributed by atoms with E-state index in [1.807, 2.05) is 38.1 Å². The number of terminal acetylenes is 1. The topological polar surface area (TPSA) is 68.0 Å². The van der Waals surface area contributed by atoms with Gasteiger partial charge in [0, 0.05) is 18.4 Å². The minimum Gasteiger partial charge on any atom is -0.340 e. The van der Waals surface area contributed by atoms with E-state index in [1.54, 1.807) is 0 Å². The molecule has 25 heavy (non-hydrogen) atoms. The van der Waals surface area contributed by atoms with Gasteiger partial charge < -0.3 is 9.84 Å². The Morgan fingerprint density at radius 2 is 1.92 bits per heavy atom. The summed E-state index contributed by atoms with van der Waals surface area (Å²) in [7, 11) is 0. The Hall–Kier alpha value is -2.61. The van der Waals surface area contributed by atoms with Gasteiger partial charge in [0.25, 0.3) is 0 Å². The second-order valence-electron chi connectivity index (χ2n) is 6.04. The fourth-order valence-electron chi connectivity index (χ4n) is 2.58. The Labute approximate surface area is 149 Å². The van der Waals surface area contributed by atoms with Gasteiger partial charge in [-0.25, -0.2) is 0 Å². The highest BCUT2D eigenvalue weighted by atomic mass is 16.5. The van der Waals surface area contributed by atoms with Crippen LogP contribution in [0.25, 0.3) is 11.4 Å². The zero-order chi connectivity index (χ0) is 18.3. The van der Waals surface area contributed by atoms with Gasteiger partial charge >= 0.3 is 0 Å². The van der Waals surface area contributed by atoms with Crippen LogP contribution in [0.15, 0.2) is 28.8 Å². The Morgan fingerprint density at radius 1 is 1.24 bits per heavy atom. The third-order valence-corrected chi connectivity index (χ3v) is 4.52. The Bertz CT molecular complexity index is 737. The number of nitrogens with one attached hydrogen (secondary N) is 1. The van der Waals surface area contributed by atoms with E-state index < -0.39 is 5.54 Å². The molecule has 0 saturated carbocycles. The van der Waals surface area contributed by atoms with Gasteiger partial charge in [0.2, 0.25) is 17.6 Å². The van der Waals surface area contributed by atoms with Gasteiger partial charge in [-0.1, -0.05) is 56.1 Å². The molecule has 1 amide bonds. The number of rotatable bonds is 8. The van der Waals surface area contributed by atoms with Crippen LogP contribution in [0.1, 0.15) is 51.5 Å². The molecule has 0 aliphatic heterocycles. The van der Waals surface area contributed by atoms with Crippen molar-refractivity contribution in [3.63, 3.8) is 0 Å². The molecule has 0 aliphatic rings. The van der Waals surface area contributed by atoms with Crippen LogP contribution < -0.4 is 5.32 Å². The van der Waals surface area contributed by atoms with Gasteiger partial charge in [0.1, 0.15) is 5.54 Å². The molecule has 1 aromatic carbocycles. The summed E-state index contributed by atoms with van der Waals surface area (Å²) in [6, 6.07) is 8.05. The molecule has 2 aromatic rings. The van der Waals surface area contributed by atoms with Crippen molar-refractivity contribution >= 4 is 5.91 Å². The largest absolute Gasteiger partial charge is 0.340 e. The first-order chi connectivity index (χ1) is 12.1. The molecule has 0 radical (unpaired) electrons. The van der Waals surface area contributed by atoms with Crippen LogP contribution in [0.2, 0.25) is 0 Å². The molecule has 0 atom stereocenters. The van der Waals surface area contributed by atoms with Gasteiger partial charge in [-0.05, 0) is 24.8 Å². The summed E-state index contributed by atoms with van der Waals surface area (Å²) in [4.78, 5) is 16.5. The van der Waals surface area contributed by atoms with E-state index in [4.69, 9.17) is 10.9 Å². The van der Waals surface area contributed by atoms with E-state index in [9.17, 15) is 4.79 Å². The highest BCUT2D eigenvalue weighted by Crippen LogP contribution is 2.18. The van der Waals surface area contributed by atoms with Crippen molar-refractivity contribution in [1.82, 2.24) is 15.5 Å². The average Bonchev–Trinajstić information content (AvgIpc) is 3.14. The number of carbonyl (C=O) groups excluding carboxylic acids is 1. The summed E-state index contributed by atoms with van der Waals surface area (Å²) in [5.41, 5.74) is 1.59. The molecule has 0 saturated heterocycles. The molecule has 0 unspecified atom stereocenters. The highest BCUT2D eigenvalue weighted by molar-refractivity contribution is 5.77. The number of hydrogen-bond acceptors (Lipinski definition) is 4. The Morgan fingerprint density at radius 3 is 2.48 bits per heavy atom. The summed E-state index contributed by atoms with van der Waals surface area (Å²) in [5.74, 6) is 3.58. The molecule has 1 heterocycles. The molecule has 5 heteroatoms. The predicted octanol–water partition coefficient (Wildman–Crippen LogP) is 3.54. The van der Waals surface area contributed by atoms with Crippen LogP contribution in [0.3, 0.4) is 0 Å². The molecule has 5 nitrogen and oxygen atoms in total. The van der Waals surface area contributed by atoms with Crippen LogP contribution in [-0.2, 0) is 17.6 Å². The Balaban J connectivity index is 1.95. The number of hydrogen-bond donors (Lipinski definition) is 1. The van der Waals surface area contributed by atoms with Crippen molar-refractivity contribution in [1.29, 1.82) is 0 Å². The van der Waals surface area contributed by atoms with Crippen molar-refractivity contribution in [3.8, 4) is 23.7 Å². The van der Waals surface area contributed by atoms with Gasteiger partial charge in [0.15, 0.2) is 0 Å². The number of amides is 1. The lowest BCUT2D eigenvalue weighted by Gasteiger charge is -2.26. The monoisotopic (exact) mass is 339 g/mol. The van der Waals surface area contributed by atoms with Crippen molar-refractivity contribution in [3.05, 3.63) is 35.7 Å². The second-order valence-corrected chi connectivity index (χ2v) is 6.04. The van der Waals surface area contributed by atoms with Crippen LogP contribution in [-0.4, -0.2) is 21.6 Å². The number of carbonyl (C=O) groups is 1. The fourth-order valence-corrected chi connectivity index (χ4v) is 2.58. The smallest absolute Gasteiger partial charge is 0.227 e.